The van der Waals surface area contributed by atoms with Crippen molar-refractivity contribution in [2.45, 2.75) is 32.2 Å². The van der Waals surface area contributed by atoms with E-state index in [0.29, 0.717) is 6.04 Å². The first-order valence-corrected chi connectivity index (χ1v) is 3.86. The van der Waals surface area contributed by atoms with Gasteiger partial charge >= 0.3 is 0 Å². The molecule has 0 radical (unpaired) electrons. The van der Waals surface area contributed by atoms with Crippen LogP contribution in [-0.2, 0) is 9.59 Å². The third kappa shape index (κ3) is 2.33. The number of rotatable bonds is 3. The lowest BCUT2D eigenvalue weighted by atomic mass is 10.3. The summed E-state index contributed by atoms with van der Waals surface area (Å²) in [7, 11) is 1.77. The zero-order valence-corrected chi connectivity index (χ0v) is 6.96. The smallest absolute Gasteiger partial charge is 0.229 e. The highest BCUT2D eigenvalue weighted by Crippen LogP contribution is 2.25. The van der Waals surface area contributed by atoms with Crippen molar-refractivity contribution in [1.29, 1.82) is 0 Å². The molecule has 0 heterocycles. The fourth-order valence-corrected chi connectivity index (χ4v) is 1.00. The molecule has 1 saturated carbocycles. The van der Waals surface area contributed by atoms with E-state index in [1.54, 1.807) is 11.9 Å². The minimum Gasteiger partial charge on any atom is -0.342 e. The molecule has 0 spiro atoms. The molecule has 1 amide bonds. The average molecular weight is 155 g/mol. The van der Waals surface area contributed by atoms with Crippen molar-refractivity contribution in [1.82, 2.24) is 4.90 Å². The van der Waals surface area contributed by atoms with Crippen LogP contribution in [0.3, 0.4) is 0 Å². The Morgan fingerprint density at radius 2 is 2.00 bits per heavy atom. The van der Waals surface area contributed by atoms with E-state index in [9.17, 15) is 9.59 Å². The maximum atomic E-state index is 11.1. The van der Waals surface area contributed by atoms with Crippen molar-refractivity contribution >= 4 is 11.7 Å². The topological polar surface area (TPSA) is 37.4 Å². The van der Waals surface area contributed by atoms with Gasteiger partial charge in [-0.15, -0.1) is 0 Å². The Morgan fingerprint density at radius 1 is 1.45 bits per heavy atom. The van der Waals surface area contributed by atoms with Crippen LogP contribution in [0.15, 0.2) is 0 Å². The molecule has 0 unspecified atom stereocenters. The van der Waals surface area contributed by atoms with E-state index in [4.69, 9.17) is 0 Å². The Balaban J connectivity index is 2.33. The van der Waals surface area contributed by atoms with Crippen LogP contribution in [0.25, 0.3) is 0 Å². The van der Waals surface area contributed by atoms with Crippen LogP contribution in [0.1, 0.15) is 26.2 Å². The third-order valence-corrected chi connectivity index (χ3v) is 1.89. The second-order valence-corrected chi connectivity index (χ2v) is 3.11. The molecule has 3 nitrogen and oxygen atoms in total. The molecular formula is C8H13NO2. The predicted molar refractivity (Wildman–Crippen MR) is 41.1 cm³/mol. The number of nitrogens with zero attached hydrogens (tertiary/aromatic N) is 1. The van der Waals surface area contributed by atoms with Crippen molar-refractivity contribution in [3.8, 4) is 0 Å². The number of hydrogen-bond acceptors (Lipinski definition) is 2. The van der Waals surface area contributed by atoms with E-state index in [1.165, 1.54) is 6.92 Å². The Labute approximate surface area is 66.4 Å². The molecule has 0 N–H and O–H groups in total. The SMILES string of the molecule is CC(=O)CC(=O)N(C)C1CC1. The highest BCUT2D eigenvalue weighted by atomic mass is 16.2. The van der Waals surface area contributed by atoms with E-state index in [-0.39, 0.29) is 18.1 Å². The van der Waals surface area contributed by atoms with Crippen molar-refractivity contribution in [2.24, 2.45) is 0 Å². The van der Waals surface area contributed by atoms with Crippen molar-refractivity contribution in [3.63, 3.8) is 0 Å². The van der Waals surface area contributed by atoms with Gasteiger partial charge in [0.15, 0.2) is 0 Å². The van der Waals surface area contributed by atoms with Gasteiger partial charge in [0.25, 0.3) is 0 Å². The first-order valence-electron chi connectivity index (χ1n) is 3.86. The lowest BCUT2D eigenvalue weighted by Crippen LogP contribution is -2.29. The van der Waals surface area contributed by atoms with Gasteiger partial charge in [0.1, 0.15) is 5.78 Å². The monoisotopic (exact) mass is 155 g/mol. The van der Waals surface area contributed by atoms with Gasteiger partial charge < -0.3 is 4.90 Å². The number of carbonyl (C=O) groups excluding carboxylic acids is 2. The minimum atomic E-state index is -0.0532. The summed E-state index contributed by atoms with van der Waals surface area (Å²) in [5.41, 5.74) is 0. The number of ketones is 1. The largest absolute Gasteiger partial charge is 0.342 e. The molecule has 0 aromatic heterocycles. The van der Waals surface area contributed by atoms with E-state index in [0.717, 1.165) is 12.8 Å². The molecule has 1 aliphatic carbocycles. The van der Waals surface area contributed by atoms with Gasteiger partial charge in [-0.3, -0.25) is 9.59 Å². The van der Waals surface area contributed by atoms with Crippen LogP contribution in [-0.4, -0.2) is 29.7 Å². The molecule has 1 fully saturated rings. The fraction of sp³-hybridized carbons (Fsp3) is 0.750. The number of hydrogen-bond donors (Lipinski definition) is 0. The molecule has 11 heavy (non-hydrogen) atoms. The van der Waals surface area contributed by atoms with Gasteiger partial charge in [0.2, 0.25) is 5.91 Å². The average Bonchev–Trinajstić information content (AvgIpc) is 2.65. The molecule has 0 aliphatic heterocycles. The van der Waals surface area contributed by atoms with Gasteiger partial charge in [0, 0.05) is 13.1 Å². The number of amides is 1. The van der Waals surface area contributed by atoms with Crippen LogP contribution in [0.5, 0.6) is 0 Å². The Hall–Kier alpha value is -0.860. The van der Waals surface area contributed by atoms with Gasteiger partial charge in [-0.25, -0.2) is 0 Å². The van der Waals surface area contributed by atoms with Crippen molar-refractivity contribution in [2.75, 3.05) is 7.05 Å². The zero-order valence-electron chi connectivity index (χ0n) is 6.96. The maximum absolute atomic E-state index is 11.1. The third-order valence-electron chi connectivity index (χ3n) is 1.89. The molecule has 1 rings (SSSR count). The van der Waals surface area contributed by atoms with E-state index in [2.05, 4.69) is 0 Å². The van der Waals surface area contributed by atoms with Crippen molar-refractivity contribution < 1.29 is 9.59 Å². The van der Waals surface area contributed by atoms with Gasteiger partial charge in [0.05, 0.1) is 6.42 Å². The summed E-state index contributed by atoms with van der Waals surface area (Å²) in [6.07, 6.45) is 2.26. The highest BCUT2D eigenvalue weighted by molar-refractivity contribution is 5.96. The number of carbonyl (C=O) groups is 2. The molecule has 0 saturated heterocycles. The maximum Gasteiger partial charge on any atom is 0.229 e. The second-order valence-electron chi connectivity index (χ2n) is 3.11. The summed E-state index contributed by atoms with van der Waals surface area (Å²) in [5, 5.41) is 0. The van der Waals surface area contributed by atoms with Crippen LogP contribution in [0.2, 0.25) is 0 Å². The van der Waals surface area contributed by atoms with Crippen LogP contribution >= 0.6 is 0 Å². The lowest BCUT2D eigenvalue weighted by Gasteiger charge is -2.14. The van der Waals surface area contributed by atoms with Gasteiger partial charge in [-0.2, -0.15) is 0 Å². The molecule has 3 heteroatoms. The van der Waals surface area contributed by atoms with Gasteiger partial charge in [-0.05, 0) is 19.8 Å². The Morgan fingerprint density at radius 3 is 2.36 bits per heavy atom. The van der Waals surface area contributed by atoms with Crippen LogP contribution < -0.4 is 0 Å². The van der Waals surface area contributed by atoms with Crippen molar-refractivity contribution in [3.05, 3.63) is 0 Å². The Bertz CT molecular complexity index is 185. The van der Waals surface area contributed by atoms with E-state index < -0.39 is 0 Å². The molecule has 62 valence electrons. The number of Topliss-reactive ketones (excluding diaryl/α,β-unsaturated/α-hetero) is 1. The highest BCUT2D eigenvalue weighted by Gasteiger charge is 2.29. The first kappa shape index (κ1) is 8.24. The minimum absolute atomic E-state index is 0.0417. The summed E-state index contributed by atoms with van der Waals surface area (Å²) in [6, 6.07) is 0.418. The molecular weight excluding hydrogens is 142 g/mol. The molecule has 0 atom stereocenters. The van der Waals surface area contributed by atoms with Gasteiger partial charge in [-0.1, -0.05) is 0 Å². The molecule has 0 aromatic rings. The summed E-state index contributed by atoms with van der Waals surface area (Å²) in [6.45, 7) is 1.44. The normalized spacial score (nSPS) is 16.2. The Kier molecular flexibility index (Phi) is 2.27. The summed E-state index contributed by atoms with van der Waals surface area (Å²) >= 11 is 0. The summed E-state index contributed by atoms with van der Waals surface area (Å²) in [5.74, 6) is -0.0949. The fourth-order valence-electron chi connectivity index (χ4n) is 1.00. The standard InChI is InChI=1S/C8H13NO2/c1-6(10)5-8(11)9(2)7-3-4-7/h7H,3-5H2,1-2H3. The molecule has 1 aliphatic rings. The van der Waals surface area contributed by atoms with E-state index in [1.807, 2.05) is 0 Å². The quantitative estimate of drug-likeness (QED) is 0.559. The van der Waals surface area contributed by atoms with E-state index >= 15 is 0 Å². The summed E-state index contributed by atoms with van der Waals surface area (Å²) < 4.78 is 0. The zero-order chi connectivity index (χ0) is 8.43. The predicted octanol–water partition coefficient (Wildman–Crippen LogP) is 0.586. The lowest BCUT2D eigenvalue weighted by molar-refractivity contribution is -0.134. The van der Waals surface area contributed by atoms with Crippen LogP contribution in [0.4, 0.5) is 0 Å². The second kappa shape index (κ2) is 3.03. The first-order chi connectivity index (χ1) is 5.11. The molecule has 0 bridgehead atoms. The van der Waals surface area contributed by atoms with Crippen LogP contribution in [0, 0.1) is 0 Å². The summed E-state index contributed by atoms with van der Waals surface area (Å²) in [4.78, 5) is 23.4. The molecule has 0 aromatic carbocycles.